The summed E-state index contributed by atoms with van der Waals surface area (Å²) in [6.45, 7) is 4.96. The number of amides is 2. The molecule has 0 spiro atoms. The van der Waals surface area contributed by atoms with E-state index >= 15 is 0 Å². The molecule has 10 nitrogen and oxygen atoms in total. The van der Waals surface area contributed by atoms with E-state index in [9.17, 15) is 18.8 Å². The SMILES string of the molecule is CCOC(=O)N1CCN(C(=O)Cn2nc(C)c3cnn(-c4ccc(F)cc4)c3c2=O)CC1. The Morgan fingerprint density at radius 2 is 1.75 bits per heavy atom. The molecule has 0 bridgehead atoms. The van der Waals surface area contributed by atoms with Crippen LogP contribution in [0.1, 0.15) is 12.6 Å². The monoisotopic (exact) mass is 442 g/mol. The lowest BCUT2D eigenvalue weighted by molar-refractivity contribution is -0.133. The molecule has 11 heteroatoms. The first-order valence-electron chi connectivity index (χ1n) is 10.3. The smallest absolute Gasteiger partial charge is 0.409 e. The molecule has 1 aliphatic heterocycles. The van der Waals surface area contributed by atoms with Gasteiger partial charge in [-0.25, -0.2) is 18.5 Å². The first-order chi connectivity index (χ1) is 15.4. The molecule has 1 saturated heterocycles. The topological polar surface area (TPSA) is 103 Å². The number of halogens is 1. The van der Waals surface area contributed by atoms with Crippen LogP contribution in [0.4, 0.5) is 9.18 Å². The van der Waals surface area contributed by atoms with Gasteiger partial charge in [0.15, 0.2) is 0 Å². The van der Waals surface area contributed by atoms with Crippen molar-refractivity contribution in [2.45, 2.75) is 20.4 Å². The third kappa shape index (κ3) is 4.05. The number of aromatic nitrogens is 4. The minimum atomic E-state index is -0.467. The molecule has 0 unspecified atom stereocenters. The highest BCUT2D eigenvalue weighted by atomic mass is 19.1. The summed E-state index contributed by atoms with van der Waals surface area (Å²) in [7, 11) is 0. The molecule has 3 aromatic rings. The van der Waals surface area contributed by atoms with Gasteiger partial charge in [0.1, 0.15) is 17.9 Å². The number of hydrogen-bond donors (Lipinski definition) is 0. The Kier molecular flexibility index (Phi) is 5.89. The molecule has 1 fully saturated rings. The predicted molar refractivity (Wildman–Crippen MR) is 113 cm³/mol. The van der Waals surface area contributed by atoms with Crippen molar-refractivity contribution in [3.8, 4) is 5.69 Å². The summed E-state index contributed by atoms with van der Waals surface area (Å²) in [5, 5.41) is 9.11. The highest BCUT2D eigenvalue weighted by molar-refractivity contribution is 5.82. The van der Waals surface area contributed by atoms with Crippen LogP contribution in [0.3, 0.4) is 0 Å². The molecule has 1 aliphatic rings. The lowest BCUT2D eigenvalue weighted by Gasteiger charge is -2.34. The van der Waals surface area contributed by atoms with E-state index in [1.165, 1.54) is 35.1 Å². The van der Waals surface area contributed by atoms with Gasteiger partial charge in [0.2, 0.25) is 5.91 Å². The van der Waals surface area contributed by atoms with Gasteiger partial charge in [-0.3, -0.25) is 9.59 Å². The van der Waals surface area contributed by atoms with Gasteiger partial charge in [0.05, 0.1) is 24.2 Å². The van der Waals surface area contributed by atoms with E-state index in [0.29, 0.717) is 49.6 Å². The number of carbonyl (C=O) groups excluding carboxylic acids is 2. The Morgan fingerprint density at radius 3 is 2.41 bits per heavy atom. The number of benzene rings is 1. The lowest BCUT2D eigenvalue weighted by Crippen LogP contribution is -2.51. The third-order valence-electron chi connectivity index (χ3n) is 5.38. The largest absolute Gasteiger partial charge is 0.450 e. The number of aryl methyl sites for hydroxylation is 1. The van der Waals surface area contributed by atoms with Crippen molar-refractivity contribution in [2.75, 3.05) is 32.8 Å². The fourth-order valence-electron chi connectivity index (χ4n) is 3.69. The molecule has 3 heterocycles. The van der Waals surface area contributed by atoms with Gasteiger partial charge in [-0.2, -0.15) is 10.2 Å². The van der Waals surface area contributed by atoms with Crippen molar-refractivity contribution in [1.82, 2.24) is 29.4 Å². The van der Waals surface area contributed by atoms with E-state index in [-0.39, 0.29) is 18.0 Å². The molecule has 32 heavy (non-hydrogen) atoms. The number of piperazine rings is 1. The van der Waals surface area contributed by atoms with Crippen LogP contribution in [0.15, 0.2) is 35.3 Å². The van der Waals surface area contributed by atoms with Crippen molar-refractivity contribution in [1.29, 1.82) is 0 Å². The van der Waals surface area contributed by atoms with Crippen LogP contribution < -0.4 is 5.56 Å². The fourth-order valence-corrected chi connectivity index (χ4v) is 3.69. The van der Waals surface area contributed by atoms with Gasteiger partial charge < -0.3 is 14.5 Å². The van der Waals surface area contributed by atoms with Crippen molar-refractivity contribution in [3.05, 3.63) is 52.3 Å². The van der Waals surface area contributed by atoms with Gasteiger partial charge in [0.25, 0.3) is 5.56 Å². The Hall–Kier alpha value is -3.76. The maximum atomic E-state index is 13.3. The Bertz CT molecular complexity index is 1210. The van der Waals surface area contributed by atoms with Gasteiger partial charge >= 0.3 is 6.09 Å². The average molecular weight is 442 g/mol. The molecule has 0 N–H and O–H groups in total. The molecule has 0 saturated carbocycles. The van der Waals surface area contributed by atoms with Crippen molar-refractivity contribution >= 4 is 22.9 Å². The molecule has 0 radical (unpaired) electrons. The van der Waals surface area contributed by atoms with Crippen LogP contribution >= 0.6 is 0 Å². The van der Waals surface area contributed by atoms with Gasteiger partial charge in [-0.05, 0) is 38.1 Å². The van der Waals surface area contributed by atoms with Gasteiger partial charge in [-0.1, -0.05) is 0 Å². The number of ether oxygens (including phenoxy) is 1. The van der Waals surface area contributed by atoms with E-state index in [2.05, 4.69) is 10.2 Å². The van der Waals surface area contributed by atoms with Gasteiger partial charge in [-0.15, -0.1) is 0 Å². The van der Waals surface area contributed by atoms with Crippen LogP contribution in [0.25, 0.3) is 16.6 Å². The van der Waals surface area contributed by atoms with E-state index in [1.807, 2.05) is 0 Å². The Labute approximate surface area is 182 Å². The number of nitrogens with zero attached hydrogens (tertiary/aromatic N) is 6. The molecule has 1 aromatic carbocycles. The first-order valence-corrected chi connectivity index (χ1v) is 10.3. The predicted octanol–water partition coefficient (Wildman–Crippen LogP) is 1.33. The van der Waals surface area contributed by atoms with Crippen molar-refractivity contribution in [2.24, 2.45) is 0 Å². The molecular formula is C21H23FN6O4. The molecule has 2 aromatic heterocycles. The van der Waals surface area contributed by atoms with E-state index in [4.69, 9.17) is 4.74 Å². The first kappa shape index (κ1) is 21.5. The minimum absolute atomic E-state index is 0.233. The summed E-state index contributed by atoms with van der Waals surface area (Å²) >= 11 is 0. The number of rotatable bonds is 4. The molecule has 0 aliphatic carbocycles. The highest BCUT2D eigenvalue weighted by Gasteiger charge is 2.26. The summed E-state index contributed by atoms with van der Waals surface area (Å²) in [6, 6.07) is 5.62. The summed E-state index contributed by atoms with van der Waals surface area (Å²) in [5.41, 5.74) is 0.875. The van der Waals surface area contributed by atoms with Crippen LogP contribution in [0, 0.1) is 12.7 Å². The summed E-state index contributed by atoms with van der Waals surface area (Å²) in [5.74, 6) is -0.663. The average Bonchev–Trinajstić information content (AvgIpc) is 3.24. The Balaban J connectivity index is 1.56. The summed E-state index contributed by atoms with van der Waals surface area (Å²) in [6.07, 6.45) is 1.14. The normalized spacial score (nSPS) is 14.1. The molecule has 168 valence electrons. The highest BCUT2D eigenvalue weighted by Crippen LogP contribution is 2.17. The summed E-state index contributed by atoms with van der Waals surface area (Å²) in [4.78, 5) is 41.0. The standard InChI is InChI=1S/C21H23FN6O4/c1-3-32-21(31)26-10-8-25(9-11-26)18(29)13-27-20(30)19-17(14(2)24-27)12-23-28(19)16-6-4-15(22)5-7-16/h4-7,12H,3,8-11,13H2,1-2H3. The zero-order valence-corrected chi connectivity index (χ0v) is 17.8. The third-order valence-corrected chi connectivity index (χ3v) is 5.38. The number of fused-ring (bicyclic) bond motifs is 1. The van der Waals surface area contributed by atoms with Crippen molar-refractivity contribution < 1.29 is 18.7 Å². The van der Waals surface area contributed by atoms with E-state index in [0.717, 1.165) is 4.68 Å². The maximum absolute atomic E-state index is 13.3. The second-order valence-corrected chi connectivity index (χ2v) is 7.41. The second kappa shape index (κ2) is 8.77. The molecule has 0 atom stereocenters. The van der Waals surface area contributed by atoms with Crippen LogP contribution in [-0.2, 0) is 16.1 Å². The number of carbonyl (C=O) groups is 2. The van der Waals surface area contributed by atoms with Crippen LogP contribution in [0.5, 0.6) is 0 Å². The Morgan fingerprint density at radius 1 is 1.09 bits per heavy atom. The number of hydrogen-bond acceptors (Lipinski definition) is 6. The fraction of sp³-hybridized carbons (Fsp3) is 0.381. The molecule has 2 amide bonds. The van der Waals surface area contributed by atoms with E-state index < -0.39 is 17.5 Å². The van der Waals surface area contributed by atoms with Gasteiger partial charge in [0, 0.05) is 31.6 Å². The molecule has 4 rings (SSSR count). The summed E-state index contributed by atoms with van der Waals surface area (Å²) < 4.78 is 20.8. The van der Waals surface area contributed by atoms with Crippen LogP contribution in [0.2, 0.25) is 0 Å². The minimum Gasteiger partial charge on any atom is -0.450 e. The van der Waals surface area contributed by atoms with Crippen molar-refractivity contribution in [3.63, 3.8) is 0 Å². The van der Waals surface area contributed by atoms with Crippen LogP contribution in [-0.4, -0.2) is 74.1 Å². The zero-order chi connectivity index (χ0) is 22.8. The maximum Gasteiger partial charge on any atom is 0.409 e. The van der Waals surface area contributed by atoms with E-state index in [1.54, 1.807) is 23.6 Å². The zero-order valence-electron chi connectivity index (χ0n) is 17.8. The quantitative estimate of drug-likeness (QED) is 0.604. The second-order valence-electron chi connectivity index (χ2n) is 7.41. The lowest BCUT2D eigenvalue weighted by atomic mass is 10.2. The molecular weight excluding hydrogens is 419 g/mol.